The van der Waals surface area contributed by atoms with Crippen LogP contribution in [0.15, 0.2) is 12.0 Å². The molecular formula is C10H17NO3S. The number of piperidine rings is 1. The summed E-state index contributed by atoms with van der Waals surface area (Å²) < 4.78 is 30.5. The van der Waals surface area contributed by atoms with Crippen LogP contribution in [0.3, 0.4) is 0 Å². The van der Waals surface area contributed by atoms with E-state index in [-0.39, 0.29) is 18.2 Å². The highest BCUT2D eigenvalue weighted by Crippen LogP contribution is 2.38. The van der Waals surface area contributed by atoms with Crippen molar-refractivity contribution in [3.63, 3.8) is 0 Å². The maximum atomic E-state index is 11.8. The summed E-state index contributed by atoms with van der Waals surface area (Å²) in [5.41, 5.74) is 0. The van der Waals surface area contributed by atoms with Gasteiger partial charge in [0.1, 0.15) is 0 Å². The lowest BCUT2D eigenvalue weighted by Gasteiger charge is -2.36. The minimum Gasteiger partial charge on any atom is -0.381 e. The average Bonchev–Trinajstić information content (AvgIpc) is 2.51. The van der Waals surface area contributed by atoms with Gasteiger partial charge in [-0.2, -0.15) is 4.31 Å². The normalized spacial score (nSPS) is 36.7. The van der Waals surface area contributed by atoms with Gasteiger partial charge in [0.25, 0.3) is 0 Å². The zero-order chi connectivity index (χ0) is 11.1. The summed E-state index contributed by atoms with van der Waals surface area (Å²) in [5.74, 6) is 0. The molecule has 2 saturated heterocycles. The van der Waals surface area contributed by atoms with Gasteiger partial charge in [-0.1, -0.05) is 6.58 Å². The summed E-state index contributed by atoms with van der Waals surface area (Å²) >= 11 is 0. The molecule has 0 aliphatic carbocycles. The summed E-state index contributed by atoms with van der Waals surface area (Å²) in [4.78, 5) is 0. The van der Waals surface area contributed by atoms with Gasteiger partial charge in [-0.05, 0) is 25.7 Å². The molecular weight excluding hydrogens is 214 g/mol. The first-order valence-corrected chi connectivity index (χ1v) is 6.77. The van der Waals surface area contributed by atoms with Crippen LogP contribution in [0.4, 0.5) is 0 Å². The Balaban J connectivity index is 2.22. The molecule has 0 spiro atoms. The fraction of sp³-hybridized carbons (Fsp3) is 0.800. The number of nitrogens with zero attached hydrogens (tertiary/aromatic N) is 1. The van der Waals surface area contributed by atoms with Crippen LogP contribution in [0.5, 0.6) is 0 Å². The lowest BCUT2D eigenvalue weighted by Crippen LogP contribution is -2.47. The molecule has 2 aliphatic heterocycles. The molecule has 0 aromatic carbocycles. The Labute approximate surface area is 91.0 Å². The average molecular weight is 231 g/mol. The van der Waals surface area contributed by atoms with Gasteiger partial charge in [0.05, 0.1) is 6.10 Å². The van der Waals surface area contributed by atoms with Crippen molar-refractivity contribution in [2.75, 3.05) is 7.11 Å². The fourth-order valence-electron chi connectivity index (χ4n) is 2.78. The van der Waals surface area contributed by atoms with Crippen molar-refractivity contribution >= 4 is 10.0 Å². The van der Waals surface area contributed by atoms with Gasteiger partial charge in [-0.15, -0.1) is 0 Å². The van der Waals surface area contributed by atoms with Gasteiger partial charge in [0.2, 0.25) is 10.0 Å². The predicted molar refractivity (Wildman–Crippen MR) is 57.8 cm³/mol. The van der Waals surface area contributed by atoms with E-state index in [1.165, 1.54) is 0 Å². The van der Waals surface area contributed by atoms with E-state index < -0.39 is 10.0 Å². The number of rotatable bonds is 3. The van der Waals surface area contributed by atoms with Gasteiger partial charge < -0.3 is 4.74 Å². The third-order valence-corrected chi connectivity index (χ3v) is 5.07. The van der Waals surface area contributed by atoms with Crippen molar-refractivity contribution in [2.45, 2.75) is 43.9 Å². The Bertz CT molecular complexity index is 338. The third kappa shape index (κ3) is 1.84. The second-order valence-electron chi connectivity index (χ2n) is 4.26. The molecule has 0 saturated carbocycles. The van der Waals surface area contributed by atoms with Crippen LogP contribution >= 0.6 is 0 Å². The van der Waals surface area contributed by atoms with E-state index >= 15 is 0 Å². The van der Waals surface area contributed by atoms with E-state index in [0.717, 1.165) is 31.1 Å². The highest BCUT2D eigenvalue weighted by atomic mass is 32.2. The molecule has 0 N–H and O–H groups in total. The largest absolute Gasteiger partial charge is 0.381 e. The molecule has 2 fully saturated rings. The first kappa shape index (κ1) is 11.1. The topological polar surface area (TPSA) is 46.6 Å². The highest BCUT2D eigenvalue weighted by molar-refractivity contribution is 7.92. The number of hydrogen-bond acceptors (Lipinski definition) is 3. The van der Waals surface area contributed by atoms with Gasteiger partial charge in [-0.25, -0.2) is 8.42 Å². The molecule has 5 heteroatoms. The molecule has 2 bridgehead atoms. The van der Waals surface area contributed by atoms with Gasteiger partial charge in [-0.3, -0.25) is 0 Å². The van der Waals surface area contributed by atoms with Gasteiger partial charge in [0.15, 0.2) is 0 Å². The quantitative estimate of drug-likeness (QED) is 0.730. The van der Waals surface area contributed by atoms with E-state index in [0.29, 0.717) is 0 Å². The Kier molecular flexibility index (Phi) is 2.87. The van der Waals surface area contributed by atoms with E-state index in [4.69, 9.17) is 4.74 Å². The number of sulfonamides is 1. The number of ether oxygens (including phenoxy) is 1. The van der Waals surface area contributed by atoms with E-state index in [2.05, 4.69) is 6.58 Å². The lowest BCUT2D eigenvalue weighted by atomic mass is 10.0. The Morgan fingerprint density at radius 1 is 1.33 bits per heavy atom. The number of fused-ring (bicyclic) bond motifs is 2. The molecule has 2 heterocycles. The van der Waals surface area contributed by atoms with Crippen molar-refractivity contribution in [3.8, 4) is 0 Å². The van der Waals surface area contributed by atoms with Crippen molar-refractivity contribution in [2.24, 2.45) is 0 Å². The van der Waals surface area contributed by atoms with Crippen LogP contribution in [0, 0.1) is 0 Å². The van der Waals surface area contributed by atoms with Crippen molar-refractivity contribution in [1.29, 1.82) is 0 Å². The Hall–Kier alpha value is -0.390. The van der Waals surface area contributed by atoms with Gasteiger partial charge >= 0.3 is 0 Å². The molecule has 1 unspecified atom stereocenters. The molecule has 15 heavy (non-hydrogen) atoms. The maximum absolute atomic E-state index is 11.8. The zero-order valence-electron chi connectivity index (χ0n) is 8.93. The molecule has 4 nitrogen and oxygen atoms in total. The summed E-state index contributed by atoms with van der Waals surface area (Å²) in [6.45, 7) is 3.38. The summed E-state index contributed by atoms with van der Waals surface area (Å²) in [5, 5.41) is 1.06. The monoisotopic (exact) mass is 231 g/mol. The highest BCUT2D eigenvalue weighted by Gasteiger charge is 2.45. The molecule has 0 amide bonds. The fourth-order valence-corrected chi connectivity index (χ4v) is 4.16. The molecule has 0 aromatic heterocycles. The van der Waals surface area contributed by atoms with E-state index in [1.807, 2.05) is 0 Å². The van der Waals surface area contributed by atoms with Crippen molar-refractivity contribution in [1.82, 2.24) is 4.31 Å². The summed E-state index contributed by atoms with van der Waals surface area (Å²) in [7, 11) is -1.55. The minimum absolute atomic E-state index is 0.122. The van der Waals surface area contributed by atoms with Crippen LogP contribution in [0.2, 0.25) is 0 Å². The molecule has 0 aromatic rings. The van der Waals surface area contributed by atoms with Gasteiger partial charge in [0, 0.05) is 24.6 Å². The minimum atomic E-state index is -3.25. The molecule has 86 valence electrons. The van der Waals surface area contributed by atoms with E-state index in [1.54, 1.807) is 11.4 Å². The van der Waals surface area contributed by atoms with Crippen LogP contribution in [-0.4, -0.2) is 38.0 Å². The van der Waals surface area contributed by atoms with Crippen LogP contribution in [0.1, 0.15) is 25.7 Å². The maximum Gasteiger partial charge on any atom is 0.236 e. The molecule has 3 atom stereocenters. The third-order valence-electron chi connectivity index (χ3n) is 3.46. The summed E-state index contributed by atoms with van der Waals surface area (Å²) in [6, 6.07) is 0.244. The second kappa shape index (κ2) is 3.88. The zero-order valence-corrected chi connectivity index (χ0v) is 9.74. The first-order chi connectivity index (χ1) is 7.08. The number of methoxy groups -OCH3 is 1. The second-order valence-corrected chi connectivity index (χ2v) is 6.04. The predicted octanol–water partition coefficient (Wildman–Crippen LogP) is 1.10. The molecule has 2 rings (SSSR count). The number of hydrogen-bond donors (Lipinski definition) is 0. The van der Waals surface area contributed by atoms with Crippen molar-refractivity contribution < 1.29 is 13.2 Å². The Morgan fingerprint density at radius 2 is 1.87 bits per heavy atom. The molecule has 2 aliphatic rings. The van der Waals surface area contributed by atoms with Crippen LogP contribution in [-0.2, 0) is 14.8 Å². The molecule has 0 radical (unpaired) electrons. The van der Waals surface area contributed by atoms with Crippen LogP contribution in [0.25, 0.3) is 0 Å². The first-order valence-electron chi connectivity index (χ1n) is 5.27. The van der Waals surface area contributed by atoms with Crippen molar-refractivity contribution in [3.05, 3.63) is 12.0 Å². The van der Waals surface area contributed by atoms with E-state index in [9.17, 15) is 8.42 Å². The Morgan fingerprint density at radius 3 is 2.27 bits per heavy atom. The lowest BCUT2D eigenvalue weighted by molar-refractivity contribution is 0.0353. The SMILES string of the molecule is C=CS(=O)(=O)N1[C@@H]2CC[C@H]1CC(OC)C2. The standard InChI is InChI=1S/C10H17NO3S/c1-3-15(12,13)11-8-4-5-9(11)7-10(6-8)14-2/h3,8-10H,1,4-7H2,2H3/t8-,9+,10?. The summed E-state index contributed by atoms with van der Waals surface area (Å²) in [6.07, 6.45) is 3.77. The smallest absolute Gasteiger partial charge is 0.236 e. The van der Waals surface area contributed by atoms with Crippen LogP contribution < -0.4 is 0 Å².